The Kier molecular flexibility index (Phi) is 8.57. The molecule has 258 valence electrons. The van der Waals surface area contributed by atoms with Crippen LogP contribution in [-0.2, 0) is 19.0 Å². The van der Waals surface area contributed by atoms with E-state index in [-0.39, 0.29) is 50.3 Å². The molecule has 0 N–H and O–H groups in total. The molecule has 0 bridgehead atoms. The van der Waals surface area contributed by atoms with Crippen molar-refractivity contribution in [2.75, 3.05) is 13.7 Å². The Hall–Kier alpha value is -2.63. The minimum atomic E-state index is -0.526. The van der Waals surface area contributed by atoms with E-state index >= 15 is 0 Å². The number of ether oxygens (including phenoxy) is 3. The summed E-state index contributed by atoms with van der Waals surface area (Å²) >= 11 is 0. The van der Waals surface area contributed by atoms with Gasteiger partial charge in [-0.15, -0.1) is 0 Å². The Labute approximate surface area is 282 Å². The van der Waals surface area contributed by atoms with E-state index in [9.17, 15) is 14.4 Å². The first-order valence-electron chi connectivity index (χ1n) is 18.2. The molecule has 6 heteroatoms. The van der Waals surface area contributed by atoms with Gasteiger partial charge in [-0.2, -0.15) is 0 Å². The van der Waals surface area contributed by atoms with Gasteiger partial charge < -0.3 is 14.2 Å². The lowest BCUT2D eigenvalue weighted by molar-refractivity contribution is -0.251. The fraction of sp³-hybridized carbons (Fsp3) is 0.732. The van der Waals surface area contributed by atoms with Crippen molar-refractivity contribution < 1.29 is 28.6 Å². The second-order valence-electron chi connectivity index (χ2n) is 17.6. The molecule has 1 aromatic rings. The molecule has 0 unspecified atom stereocenters. The predicted octanol–water partition coefficient (Wildman–Crippen LogP) is 9.22. The average molecular weight is 647 g/mol. The molecule has 10 atom stereocenters. The van der Waals surface area contributed by atoms with Crippen molar-refractivity contribution in [2.45, 2.75) is 119 Å². The van der Waals surface area contributed by atoms with Gasteiger partial charge in [-0.25, -0.2) is 9.59 Å². The first kappa shape index (κ1) is 34.2. The summed E-state index contributed by atoms with van der Waals surface area (Å²) in [7, 11) is 1.33. The quantitative estimate of drug-likeness (QED) is 0.174. The summed E-state index contributed by atoms with van der Waals surface area (Å²) in [4.78, 5) is 38.0. The zero-order valence-electron chi connectivity index (χ0n) is 30.2. The number of esters is 3. The fourth-order valence-electron chi connectivity index (χ4n) is 13.2. The molecule has 5 aliphatic rings. The predicted molar refractivity (Wildman–Crippen MR) is 183 cm³/mol. The fourth-order valence-corrected chi connectivity index (χ4v) is 13.2. The largest absolute Gasteiger partial charge is 0.465 e. The van der Waals surface area contributed by atoms with Crippen LogP contribution in [0.4, 0.5) is 0 Å². The van der Waals surface area contributed by atoms with Gasteiger partial charge in [-0.1, -0.05) is 58.9 Å². The Morgan fingerprint density at radius 3 is 2.11 bits per heavy atom. The third kappa shape index (κ3) is 5.04. The van der Waals surface area contributed by atoms with E-state index in [0.29, 0.717) is 36.2 Å². The Bertz CT molecular complexity index is 1440. The zero-order valence-corrected chi connectivity index (χ0v) is 30.2. The Morgan fingerprint density at radius 2 is 1.47 bits per heavy atom. The third-order valence-electron chi connectivity index (χ3n) is 15.5. The molecule has 0 heterocycles. The Morgan fingerprint density at radius 1 is 0.787 bits per heavy atom. The lowest BCUT2D eigenvalue weighted by Gasteiger charge is -2.73. The van der Waals surface area contributed by atoms with Crippen LogP contribution in [0.25, 0.3) is 0 Å². The summed E-state index contributed by atoms with van der Waals surface area (Å²) in [5, 5.41) is 0. The van der Waals surface area contributed by atoms with E-state index < -0.39 is 11.9 Å². The SMILES string of the molecule is C=C(C)[C@@H]1CC[C@]2(COC(=O)c3ccccc3C(=O)OC)CC[C@]3(C)[C@H](CC[C@@H]4[C@@]5(C)CC[C@H](OC(C)=O)C(C)(C)[C@H]5CC[C@]43C)[C@@H]12. The van der Waals surface area contributed by atoms with Crippen molar-refractivity contribution in [2.24, 2.45) is 56.7 Å². The van der Waals surface area contributed by atoms with Crippen molar-refractivity contribution in [1.82, 2.24) is 0 Å². The van der Waals surface area contributed by atoms with E-state index in [1.807, 2.05) is 0 Å². The van der Waals surface area contributed by atoms with Gasteiger partial charge >= 0.3 is 17.9 Å². The monoisotopic (exact) mass is 646 g/mol. The van der Waals surface area contributed by atoms with Crippen LogP contribution in [-0.4, -0.2) is 37.7 Å². The van der Waals surface area contributed by atoms with Gasteiger partial charge in [0.25, 0.3) is 0 Å². The van der Waals surface area contributed by atoms with Crippen molar-refractivity contribution >= 4 is 17.9 Å². The molecule has 5 aliphatic carbocycles. The number of methoxy groups -OCH3 is 1. The summed E-state index contributed by atoms with van der Waals surface area (Å²) in [6, 6.07) is 6.79. The normalized spacial score (nSPS) is 41.7. The van der Waals surface area contributed by atoms with Gasteiger partial charge in [0, 0.05) is 17.8 Å². The first-order valence-corrected chi connectivity index (χ1v) is 18.2. The molecule has 0 radical (unpaired) electrons. The highest BCUT2D eigenvalue weighted by Crippen LogP contribution is 2.77. The van der Waals surface area contributed by atoms with Gasteiger partial charge in [0.15, 0.2) is 0 Å². The second-order valence-corrected chi connectivity index (χ2v) is 17.6. The Balaban J connectivity index is 1.29. The van der Waals surface area contributed by atoms with Gasteiger partial charge in [-0.05, 0) is 129 Å². The molecular weight excluding hydrogens is 588 g/mol. The van der Waals surface area contributed by atoms with Crippen LogP contribution < -0.4 is 0 Å². The van der Waals surface area contributed by atoms with Crippen molar-refractivity contribution in [3.8, 4) is 0 Å². The standard InChI is InChI=1S/C41H58O6/c1-25(2)27-16-21-41(24-46-36(44)29-13-11-10-12-28(29)35(43)45-9)23-22-39(7)30(34(27)41)14-15-32-38(6)19-18-33(47-26(3)42)37(4,5)31(38)17-20-40(32,39)8/h10-13,27,30-34H,1,14-24H2,2-9H3/t27-,30+,31+,32+,33-,34+,38-,39+,40+,41+/m0/s1. The van der Waals surface area contributed by atoms with Gasteiger partial charge in [0.1, 0.15) is 6.10 Å². The summed E-state index contributed by atoms with van der Waals surface area (Å²) in [6.45, 7) is 21.2. The number of carbonyl (C=O) groups excluding carboxylic acids is 3. The molecule has 0 spiro atoms. The topological polar surface area (TPSA) is 78.9 Å². The maximum atomic E-state index is 13.5. The van der Waals surface area contributed by atoms with Gasteiger partial charge in [-0.3, -0.25) is 4.79 Å². The smallest absolute Gasteiger partial charge is 0.339 e. The number of rotatable bonds is 6. The molecule has 0 aromatic heterocycles. The molecule has 47 heavy (non-hydrogen) atoms. The molecule has 0 amide bonds. The van der Waals surface area contributed by atoms with Crippen LogP contribution in [0.15, 0.2) is 36.4 Å². The molecule has 5 fully saturated rings. The highest BCUT2D eigenvalue weighted by Gasteiger charge is 2.71. The highest BCUT2D eigenvalue weighted by atomic mass is 16.5. The van der Waals surface area contributed by atoms with Crippen LogP contribution in [0, 0.1) is 56.7 Å². The van der Waals surface area contributed by atoms with Crippen LogP contribution in [0.2, 0.25) is 0 Å². The van der Waals surface area contributed by atoms with E-state index in [4.69, 9.17) is 14.2 Å². The lowest BCUT2D eigenvalue weighted by Crippen LogP contribution is -2.67. The summed E-state index contributed by atoms with van der Waals surface area (Å²) in [6.07, 6.45) is 11.2. The van der Waals surface area contributed by atoms with E-state index in [1.165, 1.54) is 38.4 Å². The number of hydrogen-bond acceptors (Lipinski definition) is 6. The van der Waals surface area contributed by atoms with E-state index in [0.717, 1.165) is 38.5 Å². The molecule has 0 aliphatic heterocycles. The minimum absolute atomic E-state index is 0.0123. The maximum absolute atomic E-state index is 13.5. The molecule has 1 aromatic carbocycles. The lowest BCUT2D eigenvalue weighted by atomic mass is 9.32. The van der Waals surface area contributed by atoms with Crippen LogP contribution in [0.1, 0.15) is 133 Å². The van der Waals surface area contributed by atoms with Crippen LogP contribution in [0.5, 0.6) is 0 Å². The highest BCUT2D eigenvalue weighted by molar-refractivity contribution is 6.03. The zero-order chi connectivity index (χ0) is 34.2. The molecule has 0 saturated heterocycles. The molecule has 6 nitrogen and oxygen atoms in total. The summed E-state index contributed by atoms with van der Waals surface area (Å²) < 4.78 is 17.1. The van der Waals surface area contributed by atoms with Crippen LogP contribution >= 0.6 is 0 Å². The maximum Gasteiger partial charge on any atom is 0.339 e. The molecule has 6 rings (SSSR count). The third-order valence-corrected chi connectivity index (χ3v) is 15.5. The van der Waals surface area contributed by atoms with Crippen molar-refractivity contribution in [1.29, 1.82) is 0 Å². The van der Waals surface area contributed by atoms with Crippen molar-refractivity contribution in [3.05, 3.63) is 47.5 Å². The summed E-state index contributed by atoms with van der Waals surface area (Å²) in [5.41, 5.74) is 2.23. The number of allylic oxidation sites excluding steroid dienone is 1. The number of carbonyl (C=O) groups is 3. The summed E-state index contributed by atoms with van der Waals surface area (Å²) in [5.74, 6) is 1.39. The molecule has 5 saturated carbocycles. The van der Waals surface area contributed by atoms with Crippen LogP contribution in [0.3, 0.4) is 0 Å². The number of fused-ring (bicyclic) bond motifs is 7. The van der Waals surface area contributed by atoms with E-state index in [1.54, 1.807) is 31.2 Å². The first-order chi connectivity index (χ1) is 22.1. The van der Waals surface area contributed by atoms with Crippen molar-refractivity contribution in [3.63, 3.8) is 0 Å². The van der Waals surface area contributed by atoms with E-state index in [2.05, 4.69) is 48.1 Å². The van der Waals surface area contributed by atoms with Gasteiger partial charge in [0.2, 0.25) is 0 Å². The number of hydrogen-bond donors (Lipinski definition) is 0. The average Bonchev–Trinajstić information content (AvgIpc) is 3.41. The second kappa shape index (κ2) is 11.8. The minimum Gasteiger partial charge on any atom is -0.465 e. The van der Waals surface area contributed by atoms with Gasteiger partial charge in [0.05, 0.1) is 24.8 Å². The number of benzene rings is 1. The molecular formula is C41H58O6.